The summed E-state index contributed by atoms with van der Waals surface area (Å²) in [6.07, 6.45) is 5.57. The molecule has 1 aliphatic rings. The van der Waals surface area contributed by atoms with Gasteiger partial charge in [0.15, 0.2) is 0 Å². The first-order valence-electron chi connectivity index (χ1n) is 10.7. The topological polar surface area (TPSA) is 32.3 Å². The summed E-state index contributed by atoms with van der Waals surface area (Å²) in [6, 6.07) is 19.2. The molecular formula is C25H34N2O. The van der Waals surface area contributed by atoms with Crippen molar-refractivity contribution in [2.45, 2.75) is 52.0 Å². The summed E-state index contributed by atoms with van der Waals surface area (Å²) in [5.74, 6) is 0.974. The van der Waals surface area contributed by atoms with Gasteiger partial charge < -0.3 is 10.2 Å². The van der Waals surface area contributed by atoms with Crippen molar-refractivity contribution in [2.24, 2.45) is 5.92 Å². The van der Waals surface area contributed by atoms with E-state index in [-0.39, 0.29) is 11.9 Å². The van der Waals surface area contributed by atoms with Crippen LogP contribution in [0, 0.1) is 12.8 Å². The molecular weight excluding hydrogens is 344 g/mol. The van der Waals surface area contributed by atoms with E-state index in [1.807, 2.05) is 25.1 Å². The fourth-order valence-corrected chi connectivity index (χ4v) is 4.02. The van der Waals surface area contributed by atoms with Crippen LogP contribution in [0.15, 0.2) is 54.6 Å². The molecule has 1 amide bonds. The van der Waals surface area contributed by atoms with Gasteiger partial charge >= 0.3 is 0 Å². The highest BCUT2D eigenvalue weighted by Crippen LogP contribution is 2.22. The third-order valence-corrected chi connectivity index (χ3v) is 6.00. The molecule has 1 fully saturated rings. The lowest BCUT2D eigenvalue weighted by Crippen LogP contribution is -2.37. The highest BCUT2D eigenvalue weighted by molar-refractivity contribution is 5.76. The molecule has 2 aromatic rings. The number of rotatable bonds is 8. The molecule has 1 aliphatic heterocycles. The predicted molar refractivity (Wildman–Crippen MR) is 116 cm³/mol. The fourth-order valence-electron chi connectivity index (χ4n) is 4.02. The molecule has 0 aliphatic carbocycles. The van der Waals surface area contributed by atoms with E-state index < -0.39 is 0 Å². The molecule has 3 rings (SSSR count). The number of benzene rings is 2. The van der Waals surface area contributed by atoms with Crippen molar-refractivity contribution in [3.05, 3.63) is 71.3 Å². The number of nitrogens with zero attached hydrogens (tertiary/aromatic N) is 1. The van der Waals surface area contributed by atoms with Gasteiger partial charge in [-0.25, -0.2) is 0 Å². The number of amides is 1. The minimum Gasteiger partial charge on any atom is -0.350 e. The van der Waals surface area contributed by atoms with Gasteiger partial charge in [-0.15, -0.1) is 0 Å². The van der Waals surface area contributed by atoms with E-state index in [4.69, 9.17) is 0 Å². The first-order chi connectivity index (χ1) is 13.6. The normalized spacial score (nSPS) is 16.6. The van der Waals surface area contributed by atoms with Gasteiger partial charge in [0.25, 0.3) is 0 Å². The number of carbonyl (C=O) groups excluding carboxylic acids is 1. The average Bonchev–Trinajstić information content (AvgIpc) is 2.73. The van der Waals surface area contributed by atoms with Crippen molar-refractivity contribution in [2.75, 3.05) is 19.6 Å². The maximum absolute atomic E-state index is 12.3. The Bertz CT molecular complexity index is 718. The summed E-state index contributed by atoms with van der Waals surface area (Å²) in [7, 11) is 0. The van der Waals surface area contributed by atoms with Crippen molar-refractivity contribution < 1.29 is 4.79 Å². The quantitative estimate of drug-likeness (QED) is 0.708. The van der Waals surface area contributed by atoms with E-state index in [9.17, 15) is 4.79 Å². The maximum Gasteiger partial charge on any atom is 0.221 e. The first kappa shape index (κ1) is 20.6. The largest absolute Gasteiger partial charge is 0.350 e. The number of carbonyl (C=O) groups is 1. The van der Waals surface area contributed by atoms with Gasteiger partial charge in [-0.05, 0) is 69.7 Å². The molecule has 2 aromatic carbocycles. The highest BCUT2D eigenvalue weighted by atomic mass is 16.1. The Hall–Kier alpha value is -2.13. The smallest absolute Gasteiger partial charge is 0.221 e. The molecule has 0 bridgehead atoms. The SMILES string of the molecule is Cc1ccc(CCC2CCN(CCC(=O)NC(C)c3ccccc3)CC2)cc1. The Kier molecular flexibility index (Phi) is 7.67. The number of piperidine rings is 1. The van der Waals surface area contributed by atoms with Crippen molar-refractivity contribution >= 4 is 5.91 Å². The van der Waals surface area contributed by atoms with Gasteiger partial charge in [0, 0.05) is 13.0 Å². The van der Waals surface area contributed by atoms with Crippen LogP contribution in [0.1, 0.15) is 55.3 Å². The zero-order valence-corrected chi connectivity index (χ0v) is 17.4. The summed E-state index contributed by atoms with van der Waals surface area (Å²) in [5.41, 5.74) is 3.95. The number of aryl methyl sites for hydroxylation is 2. The molecule has 1 heterocycles. The molecule has 3 nitrogen and oxygen atoms in total. The molecule has 0 spiro atoms. The van der Waals surface area contributed by atoms with Crippen LogP contribution in [-0.4, -0.2) is 30.4 Å². The van der Waals surface area contributed by atoms with Gasteiger partial charge in [-0.2, -0.15) is 0 Å². The second-order valence-electron chi connectivity index (χ2n) is 8.26. The van der Waals surface area contributed by atoms with E-state index in [1.165, 1.54) is 36.8 Å². The van der Waals surface area contributed by atoms with Gasteiger partial charge in [-0.1, -0.05) is 60.2 Å². The molecule has 1 unspecified atom stereocenters. The standard InChI is InChI=1S/C25H34N2O/c1-20-8-10-22(11-9-20)12-13-23-14-17-27(18-15-23)19-16-25(28)26-21(2)24-6-4-3-5-7-24/h3-11,21,23H,12-19H2,1-2H3,(H,26,28). The monoisotopic (exact) mass is 378 g/mol. The summed E-state index contributed by atoms with van der Waals surface area (Å²) in [4.78, 5) is 14.7. The van der Waals surface area contributed by atoms with E-state index in [0.717, 1.165) is 31.1 Å². The number of nitrogens with one attached hydrogen (secondary N) is 1. The Morgan fingerprint density at radius 1 is 1.07 bits per heavy atom. The third-order valence-electron chi connectivity index (χ3n) is 6.00. The van der Waals surface area contributed by atoms with E-state index >= 15 is 0 Å². The maximum atomic E-state index is 12.3. The molecule has 28 heavy (non-hydrogen) atoms. The van der Waals surface area contributed by atoms with Crippen molar-refractivity contribution in [3.63, 3.8) is 0 Å². The lowest BCUT2D eigenvalue weighted by atomic mass is 9.90. The minimum absolute atomic E-state index is 0.0706. The Morgan fingerprint density at radius 2 is 1.75 bits per heavy atom. The zero-order chi connectivity index (χ0) is 19.8. The van der Waals surface area contributed by atoms with Gasteiger partial charge in [0.2, 0.25) is 5.91 Å². The Morgan fingerprint density at radius 3 is 2.43 bits per heavy atom. The number of likely N-dealkylation sites (tertiary alicyclic amines) is 1. The highest BCUT2D eigenvalue weighted by Gasteiger charge is 2.20. The van der Waals surface area contributed by atoms with Crippen LogP contribution in [0.3, 0.4) is 0 Å². The molecule has 0 radical (unpaired) electrons. The van der Waals surface area contributed by atoms with Crippen LogP contribution in [-0.2, 0) is 11.2 Å². The Balaban J connectivity index is 1.32. The van der Waals surface area contributed by atoms with Gasteiger partial charge in [0.05, 0.1) is 6.04 Å². The predicted octanol–water partition coefficient (Wildman–Crippen LogP) is 4.91. The van der Waals surface area contributed by atoms with Crippen LogP contribution in [0.2, 0.25) is 0 Å². The second kappa shape index (κ2) is 10.4. The van der Waals surface area contributed by atoms with Crippen LogP contribution >= 0.6 is 0 Å². The van der Waals surface area contributed by atoms with Crippen LogP contribution in [0.4, 0.5) is 0 Å². The summed E-state index contributed by atoms with van der Waals surface area (Å²) in [6.45, 7) is 7.31. The molecule has 0 aromatic heterocycles. The Labute approximate surface area is 170 Å². The first-order valence-corrected chi connectivity index (χ1v) is 10.7. The van der Waals surface area contributed by atoms with Crippen LogP contribution < -0.4 is 5.32 Å². The van der Waals surface area contributed by atoms with Gasteiger partial charge in [0.1, 0.15) is 0 Å². The van der Waals surface area contributed by atoms with Crippen molar-refractivity contribution in [1.82, 2.24) is 10.2 Å². The van der Waals surface area contributed by atoms with Crippen LogP contribution in [0.25, 0.3) is 0 Å². The fraction of sp³-hybridized carbons (Fsp3) is 0.480. The molecule has 1 saturated heterocycles. The van der Waals surface area contributed by atoms with E-state index in [1.54, 1.807) is 0 Å². The number of hydrogen-bond donors (Lipinski definition) is 1. The van der Waals surface area contributed by atoms with Gasteiger partial charge in [-0.3, -0.25) is 4.79 Å². The second-order valence-corrected chi connectivity index (χ2v) is 8.26. The van der Waals surface area contributed by atoms with E-state index in [0.29, 0.717) is 6.42 Å². The minimum atomic E-state index is 0.0706. The lowest BCUT2D eigenvalue weighted by Gasteiger charge is -2.32. The summed E-state index contributed by atoms with van der Waals surface area (Å²) in [5, 5.41) is 3.12. The lowest BCUT2D eigenvalue weighted by molar-refractivity contribution is -0.122. The van der Waals surface area contributed by atoms with Crippen molar-refractivity contribution in [3.8, 4) is 0 Å². The van der Waals surface area contributed by atoms with Crippen LogP contribution in [0.5, 0.6) is 0 Å². The molecule has 1 atom stereocenters. The summed E-state index contributed by atoms with van der Waals surface area (Å²) < 4.78 is 0. The zero-order valence-electron chi connectivity index (χ0n) is 17.4. The van der Waals surface area contributed by atoms with Crippen molar-refractivity contribution in [1.29, 1.82) is 0 Å². The third kappa shape index (κ3) is 6.49. The van der Waals surface area contributed by atoms with E-state index in [2.05, 4.69) is 53.5 Å². The summed E-state index contributed by atoms with van der Waals surface area (Å²) >= 11 is 0. The molecule has 0 saturated carbocycles. The molecule has 3 heteroatoms. The average molecular weight is 379 g/mol. The molecule has 150 valence electrons. The number of hydrogen-bond acceptors (Lipinski definition) is 2. The molecule has 1 N–H and O–H groups in total.